The van der Waals surface area contributed by atoms with Gasteiger partial charge in [0.2, 0.25) is 11.8 Å². The van der Waals surface area contributed by atoms with Crippen LogP contribution in [0.2, 0.25) is 0 Å². The zero-order chi connectivity index (χ0) is 9.40. The van der Waals surface area contributed by atoms with Crippen molar-refractivity contribution in [3.05, 3.63) is 12.7 Å². The molecule has 0 aliphatic carbocycles. The number of hydrogen-bond acceptors (Lipinski definition) is 2. The molecule has 2 amide bonds. The molecule has 0 aromatic heterocycles. The van der Waals surface area contributed by atoms with E-state index >= 15 is 0 Å². The lowest BCUT2D eigenvalue weighted by molar-refractivity contribution is -0.121. The minimum Gasteiger partial charge on any atom is -0.354 e. The highest BCUT2D eigenvalue weighted by Crippen LogP contribution is 1.73. The van der Waals surface area contributed by atoms with Crippen LogP contribution < -0.4 is 10.6 Å². The number of carbonyl (C=O) groups excluding carboxylic acids is 2. The lowest BCUT2D eigenvalue weighted by atomic mass is 10.4. The minimum absolute atomic E-state index is 0.0112. The Morgan fingerprint density at radius 1 is 1.33 bits per heavy atom. The van der Waals surface area contributed by atoms with Crippen molar-refractivity contribution in [2.75, 3.05) is 13.1 Å². The van der Waals surface area contributed by atoms with Gasteiger partial charge in [-0.3, -0.25) is 9.59 Å². The molecule has 0 aromatic carbocycles. The van der Waals surface area contributed by atoms with Crippen LogP contribution in [0.25, 0.3) is 0 Å². The van der Waals surface area contributed by atoms with E-state index in [1.807, 2.05) is 0 Å². The molecule has 4 heteroatoms. The number of rotatable bonds is 5. The maximum Gasteiger partial charge on any atom is 0.243 e. The molecule has 0 saturated heterocycles. The Kier molecular flexibility index (Phi) is 5.69. The van der Waals surface area contributed by atoms with Gasteiger partial charge in [-0.05, 0) is 6.08 Å². The summed E-state index contributed by atoms with van der Waals surface area (Å²) in [5, 5.41) is 5.16. The molecule has 0 atom stereocenters. The number of amides is 2. The van der Waals surface area contributed by atoms with Crippen molar-refractivity contribution in [1.82, 2.24) is 10.6 Å². The molecule has 0 unspecified atom stereocenters. The van der Waals surface area contributed by atoms with Crippen molar-refractivity contribution in [1.29, 1.82) is 0 Å². The zero-order valence-corrected chi connectivity index (χ0v) is 7.22. The first-order valence-electron chi connectivity index (χ1n) is 3.87. The first-order valence-corrected chi connectivity index (χ1v) is 3.87. The second-order valence-corrected chi connectivity index (χ2v) is 2.20. The minimum atomic E-state index is -0.222. The molecular weight excluding hydrogens is 156 g/mol. The molecule has 0 spiro atoms. The summed E-state index contributed by atoms with van der Waals surface area (Å²) in [5.41, 5.74) is 0. The van der Waals surface area contributed by atoms with Gasteiger partial charge in [-0.2, -0.15) is 0 Å². The predicted octanol–water partition coefficient (Wildman–Crippen LogP) is -0.185. The van der Waals surface area contributed by atoms with Crippen LogP contribution in [0, 0.1) is 0 Å². The molecule has 0 heterocycles. The fourth-order valence-electron chi connectivity index (χ4n) is 0.585. The van der Waals surface area contributed by atoms with Crippen LogP contribution in [-0.2, 0) is 9.59 Å². The average molecular weight is 170 g/mol. The average Bonchev–Trinajstić information content (AvgIpc) is 2.11. The van der Waals surface area contributed by atoms with E-state index in [4.69, 9.17) is 0 Å². The lowest BCUT2D eigenvalue weighted by Crippen LogP contribution is -2.33. The maximum atomic E-state index is 10.7. The van der Waals surface area contributed by atoms with E-state index in [-0.39, 0.29) is 11.8 Å². The van der Waals surface area contributed by atoms with Gasteiger partial charge in [0.25, 0.3) is 0 Å². The molecule has 0 fully saturated rings. The summed E-state index contributed by atoms with van der Waals surface area (Å²) < 4.78 is 0. The van der Waals surface area contributed by atoms with Crippen LogP contribution in [-0.4, -0.2) is 24.9 Å². The second-order valence-electron chi connectivity index (χ2n) is 2.20. The third-order valence-corrected chi connectivity index (χ3v) is 1.25. The molecular formula is C8H14N2O2. The van der Waals surface area contributed by atoms with Gasteiger partial charge < -0.3 is 10.6 Å². The molecule has 0 rings (SSSR count). The van der Waals surface area contributed by atoms with Crippen LogP contribution >= 0.6 is 0 Å². The molecule has 12 heavy (non-hydrogen) atoms. The van der Waals surface area contributed by atoms with E-state index in [1.165, 1.54) is 6.08 Å². The normalized spacial score (nSPS) is 8.75. The third-order valence-electron chi connectivity index (χ3n) is 1.25. The number of nitrogens with one attached hydrogen (secondary N) is 2. The maximum absolute atomic E-state index is 10.7. The van der Waals surface area contributed by atoms with Crippen LogP contribution in [0.3, 0.4) is 0 Å². The molecule has 0 radical (unpaired) electrons. The Bertz CT molecular complexity index is 178. The van der Waals surface area contributed by atoms with E-state index in [1.54, 1.807) is 6.92 Å². The molecule has 0 saturated carbocycles. The molecule has 0 aromatic rings. The Labute approximate surface area is 72.0 Å². The number of hydrogen-bond donors (Lipinski definition) is 2. The van der Waals surface area contributed by atoms with Gasteiger partial charge in [-0.25, -0.2) is 0 Å². The monoisotopic (exact) mass is 170 g/mol. The van der Waals surface area contributed by atoms with Gasteiger partial charge >= 0.3 is 0 Å². The SMILES string of the molecule is C=CC(=O)NCCNC(=O)CC. The Morgan fingerprint density at radius 3 is 2.42 bits per heavy atom. The van der Waals surface area contributed by atoms with Crippen molar-refractivity contribution in [3.8, 4) is 0 Å². The Morgan fingerprint density at radius 2 is 1.92 bits per heavy atom. The summed E-state index contributed by atoms with van der Waals surface area (Å²) in [7, 11) is 0. The van der Waals surface area contributed by atoms with Crippen LogP contribution in [0.15, 0.2) is 12.7 Å². The highest BCUT2D eigenvalue weighted by Gasteiger charge is 1.95. The molecule has 0 bridgehead atoms. The quantitative estimate of drug-likeness (QED) is 0.444. The van der Waals surface area contributed by atoms with Crippen molar-refractivity contribution in [2.24, 2.45) is 0 Å². The van der Waals surface area contributed by atoms with E-state index in [9.17, 15) is 9.59 Å². The standard InChI is InChI=1S/C8H14N2O2/c1-3-7(11)9-5-6-10-8(12)4-2/h3H,1,4-6H2,2H3,(H,9,11)(H,10,12). The fourth-order valence-corrected chi connectivity index (χ4v) is 0.585. The van der Waals surface area contributed by atoms with Gasteiger partial charge in [0.05, 0.1) is 0 Å². The Hall–Kier alpha value is -1.32. The van der Waals surface area contributed by atoms with Gasteiger partial charge in [-0.1, -0.05) is 13.5 Å². The van der Waals surface area contributed by atoms with E-state index in [0.717, 1.165) is 0 Å². The molecule has 0 aliphatic heterocycles. The van der Waals surface area contributed by atoms with Crippen LogP contribution in [0.4, 0.5) is 0 Å². The topological polar surface area (TPSA) is 58.2 Å². The first-order chi connectivity index (χ1) is 5.70. The van der Waals surface area contributed by atoms with E-state index in [0.29, 0.717) is 19.5 Å². The van der Waals surface area contributed by atoms with E-state index in [2.05, 4.69) is 17.2 Å². The molecule has 68 valence electrons. The van der Waals surface area contributed by atoms with E-state index < -0.39 is 0 Å². The summed E-state index contributed by atoms with van der Waals surface area (Å²) >= 11 is 0. The van der Waals surface area contributed by atoms with Crippen molar-refractivity contribution >= 4 is 11.8 Å². The Balaban J connectivity index is 3.27. The first kappa shape index (κ1) is 10.7. The molecule has 0 aliphatic rings. The predicted molar refractivity (Wildman–Crippen MR) is 46.5 cm³/mol. The molecule has 4 nitrogen and oxygen atoms in total. The smallest absolute Gasteiger partial charge is 0.243 e. The highest BCUT2D eigenvalue weighted by molar-refractivity contribution is 5.86. The molecule has 2 N–H and O–H groups in total. The van der Waals surface area contributed by atoms with Crippen LogP contribution in [0.5, 0.6) is 0 Å². The lowest BCUT2D eigenvalue weighted by Gasteiger charge is -2.03. The van der Waals surface area contributed by atoms with Gasteiger partial charge in [-0.15, -0.1) is 0 Å². The second kappa shape index (κ2) is 6.39. The van der Waals surface area contributed by atoms with Crippen molar-refractivity contribution in [2.45, 2.75) is 13.3 Å². The highest BCUT2D eigenvalue weighted by atomic mass is 16.2. The summed E-state index contributed by atoms with van der Waals surface area (Å²) in [6, 6.07) is 0. The van der Waals surface area contributed by atoms with Gasteiger partial charge in [0.1, 0.15) is 0 Å². The number of carbonyl (C=O) groups is 2. The van der Waals surface area contributed by atoms with Gasteiger partial charge in [0.15, 0.2) is 0 Å². The largest absolute Gasteiger partial charge is 0.354 e. The third kappa shape index (κ3) is 5.46. The zero-order valence-electron chi connectivity index (χ0n) is 7.22. The van der Waals surface area contributed by atoms with Crippen molar-refractivity contribution < 1.29 is 9.59 Å². The summed E-state index contributed by atoms with van der Waals surface area (Å²) in [4.78, 5) is 21.3. The van der Waals surface area contributed by atoms with Crippen molar-refractivity contribution in [3.63, 3.8) is 0 Å². The van der Waals surface area contributed by atoms with Gasteiger partial charge in [0, 0.05) is 19.5 Å². The fraction of sp³-hybridized carbons (Fsp3) is 0.500. The summed E-state index contributed by atoms with van der Waals surface area (Å²) in [6.07, 6.45) is 1.66. The summed E-state index contributed by atoms with van der Waals surface area (Å²) in [5.74, 6) is -0.233. The summed E-state index contributed by atoms with van der Waals surface area (Å²) in [6.45, 7) is 5.97. The van der Waals surface area contributed by atoms with Crippen LogP contribution in [0.1, 0.15) is 13.3 Å².